The topological polar surface area (TPSA) is 116 Å². The maximum absolute atomic E-state index is 12.8. The molecule has 0 radical (unpaired) electrons. The summed E-state index contributed by atoms with van der Waals surface area (Å²) in [5.41, 5.74) is -0.497. The molecule has 0 aliphatic carbocycles. The fourth-order valence-electron chi connectivity index (χ4n) is 3.96. The first-order valence-electron chi connectivity index (χ1n) is 9.42. The Balaban J connectivity index is 1.57. The summed E-state index contributed by atoms with van der Waals surface area (Å²) in [6.45, 7) is 0.424. The summed E-state index contributed by atoms with van der Waals surface area (Å²) in [5.74, 6) is -0.945. The first-order valence-corrected chi connectivity index (χ1v) is 11.1. The highest BCUT2D eigenvalue weighted by atomic mass is 32.2. The Morgan fingerprint density at radius 3 is 2.47 bits per heavy atom. The lowest BCUT2D eigenvalue weighted by atomic mass is 9.82. The van der Waals surface area contributed by atoms with Crippen LogP contribution in [0.5, 0.6) is 0 Å². The number of nitro benzene ring substituents is 1. The van der Waals surface area contributed by atoms with Gasteiger partial charge < -0.3 is 4.74 Å². The minimum absolute atomic E-state index is 0.00416. The molecule has 2 saturated heterocycles. The molecule has 0 saturated carbocycles. The quantitative estimate of drug-likeness (QED) is 0.369. The molecule has 158 valence electrons. The van der Waals surface area contributed by atoms with Gasteiger partial charge in [-0.3, -0.25) is 15.0 Å². The number of non-ortho nitro benzene ring substituents is 1. The van der Waals surface area contributed by atoms with E-state index in [0.29, 0.717) is 5.56 Å². The average molecular weight is 432 g/mol. The number of sulfone groups is 1. The highest BCUT2D eigenvalue weighted by Gasteiger charge is 2.61. The van der Waals surface area contributed by atoms with Crippen LogP contribution in [0.3, 0.4) is 0 Å². The Morgan fingerprint density at radius 1 is 1.10 bits per heavy atom. The van der Waals surface area contributed by atoms with Crippen LogP contribution in [0, 0.1) is 16.0 Å². The molecule has 2 aromatic rings. The third-order valence-electron chi connectivity index (χ3n) is 5.61. The highest BCUT2D eigenvalue weighted by molar-refractivity contribution is 7.91. The van der Waals surface area contributed by atoms with Gasteiger partial charge in [0.2, 0.25) is 0 Å². The number of carbonyl (C=O) groups excluding carboxylic acids is 1. The third-order valence-corrected chi connectivity index (χ3v) is 7.32. The smallest absolute Gasteiger partial charge is 0.329 e. The predicted molar refractivity (Wildman–Crippen MR) is 105 cm³/mol. The number of rotatable bonds is 7. The van der Waals surface area contributed by atoms with E-state index in [-0.39, 0.29) is 48.4 Å². The van der Waals surface area contributed by atoms with Crippen LogP contribution in [0.15, 0.2) is 59.5 Å². The van der Waals surface area contributed by atoms with Gasteiger partial charge in [0.1, 0.15) is 0 Å². The van der Waals surface area contributed by atoms with Crippen molar-refractivity contribution in [3.63, 3.8) is 0 Å². The number of cyclic esters (lactones) is 1. The lowest BCUT2D eigenvalue weighted by molar-refractivity contribution is -0.384. The Labute approximate surface area is 173 Å². The number of hydrogen-bond donors (Lipinski definition) is 0. The SMILES string of the molecule is O=C1OC[C@@H]2CON(CCS(=O)(=O)c3ccccc3)[C@]12Cc1ccc([N+](=O)[O-])cc1. The maximum Gasteiger partial charge on any atom is 0.329 e. The van der Waals surface area contributed by atoms with Gasteiger partial charge in [-0.25, -0.2) is 13.2 Å². The van der Waals surface area contributed by atoms with E-state index < -0.39 is 26.3 Å². The second-order valence-electron chi connectivity index (χ2n) is 7.35. The van der Waals surface area contributed by atoms with Crippen molar-refractivity contribution in [3.05, 3.63) is 70.3 Å². The van der Waals surface area contributed by atoms with Crippen molar-refractivity contribution in [1.82, 2.24) is 5.06 Å². The van der Waals surface area contributed by atoms with Crippen LogP contribution in [-0.2, 0) is 30.6 Å². The lowest BCUT2D eigenvalue weighted by Crippen LogP contribution is -2.53. The molecule has 2 atom stereocenters. The molecule has 0 unspecified atom stereocenters. The number of hydrogen-bond acceptors (Lipinski definition) is 8. The Bertz CT molecular complexity index is 1060. The molecular weight excluding hydrogens is 412 g/mol. The van der Waals surface area contributed by atoms with E-state index in [1.807, 2.05) is 0 Å². The third kappa shape index (κ3) is 3.57. The van der Waals surface area contributed by atoms with Crippen LogP contribution >= 0.6 is 0 Å². The average Bonchev–Trinajstić information content (AvgIpc) is 3.24. The number of nitro groups is 1. The van der Waals surface area contributed by atoms with Crippen LogP contribution < -0.4 is 0 Å². The van der Waals surface area contributed by atoms with Gasteiger partial charge in [-0.15, -0.1) is 0 Å². The minimum Gasteiger partial charge on any atom is -0.464 e. The van der Waals surface area contributed by atoms with Gasteiger partial charge in [0.05, 0.1) is 34.7 Å². The van der Waals surface area contributed by atoms with Crippen LogP contribution in [-0.4, -0.2) is 55.4 Å². The molecular formula is C20H20N2O7S. The van der Waals surface area contributed by atoms with E-state index in [0.717, 1.165) is 0 Å². The molecule has 2 aliphatic heterocycles. The molecule has 0 spiro atoms. The normalized spacial score (nSPS) is 23.9. The van der Waals surface area contributed by atoms with E-state index in [2.05, 4.69) is 0 Å². The van der Waals surface area contributed by atoms with Crippen molar-refractivity contribution >= 4 is 21.5 Å². The molecule has 2 aromatic carbocycles. The number of benzene rings is 2. The van der Waals surface area contributed by atoms with E-state index in [1.165, 1.54) is 29.3 Å². The monoisotopic (exact) mass is 432 g/mol. The van der Waals surface area contributed by atoms with Crippen LogP contribution in [0.1, 0.15) is 5.56 Å². The molecule has 2 fully saturated rings. The fourth-order valence-corrected chi connectivity index (χ4v) is 5.17. The van der Waals surface area contributed by atoms with E-state index in [9.17, 15) is 23.3 Å². The molecule has 0 amide bonds. The number of ether oxygens (including phenoxy) is 1. The summed E-state index contributed by atoms with van der Waals surface area (Å²) in [6, 6.07) is 14.0. The zero-order valence-corrected chi connectivity index (χ0v) is 16.8. The summed E-state index contributed by atoms with van der Waals surface area (Å²) in [4.78, 5) is 29.1. The van der Waals surface area contributed by atoms with E-state index >= 15 is 0 Å². The summed E-state index contributed by atoms with van der Waals surface area (Å²) in [7, 11) is -3.56. The number of hydroxylamine groups is 2. The standard InChI is InChI=1S/C20H20N2O7S/c23-19-20(12-15-6-8-17(9-7-15)22(24)25)16(13-28-19)14-29-21(20)10-11-30(26,27)18-4-2-1-3-5-18/h1-9,16H,10-14H2/t16-,20+/m1/s1. The Kier molecular flexibility index (Phi) is 5.31. The molecule has 4 rings (SSSR count). The molecule has 0 bridgehead atoms. The molecule has 2 heterocycles. The van der Waals surface area contributed by atoms with Gasteiger partial charge in [0.15, 0.2) is 15.4 Å². The van der Waals surface area contributed by atoms with Crippen molar-refractivity contribution in [1.29, 1.82) is 0 Å². The lowest BCUT2D eigenvalue weighted by Gasteiger charge is -2.32. The molecule has 10 heteroatoms. The van der Waals surface area contributed by atoms with Crippen molar-refractivity contribution in [3.8, 4) is 0 Å². The number of nitrogens with zero attached hydrogens (tertiary/aromatic N) is 2. The van der Waals surface area contributed by atoms with Crippen LogP contribution in [0.4, 0.5) is 5.69 Å². The fraction of sp³-hybridized carbons (Fsp3) is 0.350. The molecule has 9 nitrogen and oxygen atoms in total. The largest absolute Gasteiger partial charge is 0.464 e. The van der Waals surface area contributed by atoms with E-state index in [1.54, 1.807) is 30.3 Å². The van der Waals surface area contributed by atoms with Crippen molar-refractivity contribution in [2.45, 2.75) is 16.9 Å². The number of esters is 1. The molecule has 0 N–H and O–H groups in total. The second-order valence-corrected chi connectivity index (χ2v) is 9.46. The van der Waals surface area contributed by atoms with Crippen molar-refractivity contribution < 1.29 is 27.7 Å². The van der Waals surface area contributed by atoms with E-state index in [4.69, 9.17) is 9.57 Å². The summed E-state index contributed by atoms with van der Waals surface area (Å²) in [6.07, 6.45) is 0.208. The van der Waals surface area contributed by atoms with Gasteiger partial charge in [0, 0.05) is 25.1 Å². The Hall–Kier alpha value is -2.82. The van der Waals surface area contributed by atoms with Gasteiger partial charge in [-0.2, -0.15) is 5.06 Å². The van der Waals surface area contributed by atoms with Gasteiger partial charge in [0.25, 0.3) is 5.69 Å². The van der Waals surface area contributed by atoms with Crippen LogP contribution in [0.2, 0.25) is 0 Å². The Morgan fingerprint density at radius 2 is 1.80 bits per heavy atom. The zero-order chi connectivity index (χ0) is 21.4. The van der Waals surface area contributed by atoms with Crippen molar-refractivity contribution in [2.75, 3.05) is 25.5 Å². The maximum atomic E-state index is 12.8. The summed E-state index contributed by atoms with van der Waals surface area (Å²) < 4.78 is 30.6. The molecule has 30 heavy (non-hydrogen) atoms. The number of carbonyl (C=O) groups is 1. The second kappa shape index (κ2) is 7.78. The first-order chi connectivity index (χ1) is 14.3. The summed E-state index contributed by atoms with van der Waals surface area (Å²) in [5, 5.41) is 12.3. The summed E-state index contributed by atoms with van der Waals surface area (Å²) >= 11 is 0. The molecule has 2 aliphatic rings. The van der Waals surface area contributed by atoms with Gasteiger partial charge in [-0.05, 0) is 17.7 Å². The van der Waals surface area contributed by atoms with Crippen molar-refractivity contribution in [2.24, 2.45) is 5.92 Å². The van der Waals surface area contributed by atoms with Gasteiger partial charge in [-0.1, -0.05) is 30.3 Å². The first kappa shape index (κ1) is 20.5. The predicted octanol–water partition coefficient (Wildman–Crippen LogP) is 1.77. The molecule has 0 aromatic heterocycles. The van der Waals surface area contributed by atoms with Crippen LogP contribution in [0.25, 0.3) is 0 Å². The minimum atomic E-state index is -3.56. The zero-order valence-electron chi connectivity index (χ0n) is 16.0. The van der Waals surface area contributed by atoms with Gasteiger partial charge >= 0.3 is 5.97 Å². The number of fused-ring (bicyclic) bond motifs is 1. The highest BCUT2D eigenvalue weighted by Crippen LogP contribution is 2.41.